The molecule has 0 spiro atoms. The predicted octanol–water partition coefficient (Wildman–Crippen LogP) is 4.43. The van der Waals surface area contributed by atoms with Crippen LogP contribution in [0.4, 0.5) is 14.6 Å². The van der Waals surface area contributed by atoms with Crippen molar-refractivity contribution in [2.75, 3.05) is 5.32 Å². The summed E-state index contributed by atoms with van der Waals surface area (Å²) in [5.74, 6) is -0.922. The summed E-state index contributed by atoms with van der Waals surface area (Å²) in [7, 11) is 0. The topological polar surface area (TPSA) is 24.9 Å². The van der Waals surface area contributed by atoms with Gasteiger partial charge in [-0.05, 0) is 42.3 Å². The maximum Gasteiger partial charge on any atom is 0.159 e. The molecule has 0 fully saturated rings. The van der Waals surface area contributed by atoms with Crippen LogP contribution in [0.15, 0.2) is 48.5 Å². The number of anilines is 1. The summed E-state index contributed by atoms with van der Waals surface area (Å²) in [6.07, 6.45) is 0. The van der Waals surface area contributed by atoms with Crippen LogP contribution in [0.2, 0.25) is 0 Å². The van der Waals surface area contributed by atoms with Crippen LogP contribution < -0.4 is 5.32 Å². The molecule has 0 amide bonds. The normalized spacial score (nSPS) is 10.8. The van der Waals surface area contributed by atoms with E-state index in [1.165, 1.54) is 6.07 Å². The molecular weight excluding hydrogens is 270 g/mol. The fourth-order valence-corrected chi connectivity index (χ4v) is 2.24. The largest absolute Gasteiger partial charge is 0.366 e. The summed E-state index contributed by atoms with van der Waals surface area (Å²) >= 11 is 0. The van der Waals surface area contributed by atoms with Gasteiger partial charge in [-0.25, -0.2) is 13.8 Å². The first kappa shape index (κ1) is 13.5. The van der Waals surface area contributed by atoms with E-state index in [0.717, 1.165) is 28.4 Å². The van der Waals surface area contributed by atoms with Gasteiger partial charge in [-0.15, -0.1) is 0 Å². The number of aryl methyl sites for hydroxylation is 1. The maximum atomic E-state index is 13.2. The van der Waals surface area contributed by atoms with Gasteiger partial charge in [0.2, 0.25) is 0 Å². The lowest BCUT2D eigenvalue weighted by molar-refractivity contribution is 0.507. The van der Waals surface area contributed by atoms with E-state index in [-0.39, 0.29) is 0 Å². The number of fused-ring (bicyclic) bond motifs is 1. The number of aromatic nitrogens is 1. The lowest BCUT2D eigenvalue weighted by Gasteiger charge is -2.10. The van der Waals surface area contributed by atoms with Gasteiger partial charge in [0.1, 0.15) is 5.82 Å². The molecule has 0 unspecified atom stereocenters. The number of nitrogens with one attached hydrogen (secondary N) is 1. The van der Waals surface area contributed by atoms with Gasteiger partial charge in [0.25, 0.3) is 0 Å². The highest BCUT2D eigenvalue weighted by atomic mass is 19.2. The number of hydrogen-bond donors (Lipinski definition) is 1. The molecule has 3 aromatic rings. The molecule has 0 aliphatic rings. The van der Waals surface area contributed by atoms with Gasteiger partial charge in [0.05, 0.1) is 5.52 Å². The van der Waals surface area contributed by atoms with Crippen LogP contribution >= 0.6 is 0 Å². The Hall–Kier alpha value is -2.49. The highest BCUT2D eigenvalue weighted by molar-refractivity contribution is 5.81. The van der Waals surface area contributed by atoms with Gasteiger partial charge in [-0.1, -0.05) is 24.3 Å². The molecule has 0 saturated heterocycles. The third-order valence-corrected chi connectivity index (χ3v) is 3.36. The number of nitrogens with zero attached hydrogens (tertiary/aromatic N) is 1. The molecule has 0 bridgehead atoms. The van der Waals surface area contributed by atoms with Crippen molar-refractivity contribution in [2.45, 2.75) is 13.5 Å². The van der Waals surface area contributed by atoms with Crippen molar-refractivity contribution in [3.8, 4) is 0 Å². The molecule has 0 saturated carbocycles. The Labute approximate surface area is 121 Å². The van der Waals surface area contributed by atoms with Crippen LogP contribution in [0.5, 0.6) is 0 Å². The Bertz CT molecular complexity index is 800. The van der Waals surface area contributed by atoms with Crippen molar-refractivity contribution in [3.05, 3.63) is 71.3 Å². The molecule has 106 valence electrons. The second kappa shape index (κ2) is 5.48. The summed E-state index contributed by atoms with van der Waals surface area (Å²) in [6.45, 7) is 2.36. The Morgan fingerprint density at radius 1 is 1.00 bits per heavy atom. The standard InChI is InChI=1S/C17H14F2N2/c1-11-8-13-4-2-3-5-16(13)21-17(11)20-10-12-6-7-14(18)15(19)9-12/h2-9H,10H2,1H3,(H,20,21). The van der Waals surface area contributed by atoms with E-state index >= 15 is 0 Å². The number of hydrogen-bond acceptors (Lipinski definition) is 2. The minimum absolute atomic E-state index is 0.392. The SMILES string of the molecule is Cc1cc2ccccc2nc1NCc1ccc(F)c(F)c1. The molecule has 0 aliphatic heterocycles. The summed E-state index contributed by atoms with van der Waals surface area (Å²) in [5, 5.41) is 4.25. The fraction of sp³-hybridized carbons (Fsp3) is 0.118. The molecule has 1 heterocycles. The van der Waals surface area contributed by atoms with Crippen LogP contribution in [-0.4, -0.2) is 4.98 Å². The molecular formula is C17H14F2N2. The van der Waals surface area contributed by atoms with E-state index in [0.29, 0.717) is 12.1 Å². The van der Waals surface area contributed by atoms with Crippen molar-refractivity contribution < 1.29 is 8.78 Å². The molecule has 3 rings (SSSR count). The molecule has 0 aliphatic carbocycles. The van der Waals surface area contributed by atoms with Crippen LogP contribution in [0.25, 0.3) is 10.9 Å². The van der Waals surface area contributed by atoms with E-state index in [1.54, 1.807) is 6.07 Å². The van der Waals surface area contributed by atoms with Crippen molar-refractivity contribution in [2.24, 2.45) is 0 Å². The zero-order valence-corrected chi connectivity index (χ0v) is 11.5. The number of rotatable bonds is 3. The predicted molar refractivity (Wildman–Crippen MR) is 80.2 cm³/mol. The van der Waals surface area contributed by atoms with E-state index in [2.05, 4.69) is 16.4 Å². The Morgan fingerprint density at radius 3 is 2.62 bits per heavy atom. The lowest BCUT2D eigenvalue weighted by atomic mass is 10.1. The van der Waals surface area contributed by atoms with E-state index < -0.39 is 11.6 Å². The minimum atomic E-state index is -0.836. The van der Waals surface area contributed by atoms with Crippen molar-refractivity contribution in [1.82, 2.24) is 4.98 Å². The molecule has 2 aromatic carbocycles. The number of pyridine rings is 1. The molecule has 4 heteroatoms. The van der Waals surface area contributed by atoms with Gasteiger partial charge in [-0.3, -0.25) is 0 Å². The summed E-state index contributed by atoms with van der Waals surface area (Å²) in [4.78, 5) is 4.55. The number of halogens is 2. The van der Waals surface area contributed by atoms with Gasteiger partial charge >= 0.3 is 0 Å². The zero-order valence-electron chi connectivity index (χ0n) is 11.5. The molecule has 21 heavy (non-hydrogen) atoms. The van der Waals surface area contributed by atoms with E-state index in [9.17, 15) is 8.78 Å². The third kappa shape index (κ3) is 2.84. The molecule has 2 nitrogen and oxygen atoms in total. The van der Waals surface area contributed by atoms with Gasteiger partial charge in [0, 0.05) is 11.9 Å². The first-order valence-corrected chi connectivity index (χ1v) is 6.68. The summed E-state index contributed by atoms with van der Waals surface area (Å²) in [6, 6.07) is 13.8. The average Bonchev–Trinajstić information content (AvgIpc) is 2.48. The van der Waals surface area contributed by atoms with Crippen LogP contribution in [0.1, 0.15) is 11.1 Å². The molecule has 1 aromatic heterocycles. The lowest BCUT2D eigenvalue weighted by Crippen LogP contribution is -2.04. The average molecular weight is 284 g/mol. The monoisotopic (exact) mass is 284 g/mol. The Morgan fingerprint density at radius 2 is 1.81 bits per heavy atom. The summed E-state index contributed by atoms with van der Waals surface area (Å²) < 4.78 is 26.1. The minimum Gasteiger partial charge on any atom is -0.366 e. The van der Waals surface area contributed by atoms with E-state index in [1.807, 2.05) is 31.2 Å². The smallest absolute Gasteiger partial charge is 0.159 e. The molecule has 0 radical (unpaired) electrons. The fourth-order valence-electron chi connectivity index (χ4n) is 2.24. The van der Waals surface area contributed by atoms with Crippen LogP contribution in [0.3, 0.4) is 0 Å². The summed E-state index contributed by atoms with van der Waals surface area (Å²) in [5.41, 5.74) is 2.58. The van der Waals surface area contributed by atoms with E-state index in [4.69, 9.17) is 0 Å². The quantitative estimate of drug-likeness (QED) is 0.769. The van der Waals surface area contributed by atoms with Gasteiger partial charge in [0.15, 0.2) is 11.6 Å². The van der Waals surface area contributed by atoms with Crippen LogP contribution in [0, 0.1) is 18.6 Å². The van der Waals surface area contributed by atoms with Crippen molar-refractivity contribution in [3.63, 3.8) is 0 Å². The molecule has 0 atom stereocenters. The number of para-hydroxylation sites is 1. The van der Waals surface area contributed by atoms with Gasteiger partial charge in [-0.2, -0.15) is 0 Å². The first-order valence-electron chi connectivity index (χ1n) is 6.68. The first-order chi connectivity index (χ1) is 10.1. The number of benzene rings is 2. The highest BCUT2D eigenvalue weighted by Gasteiger charge is 2.05. The van der Waals surface area contributed by atoms with Crippen molar-refractivity contribution in [1.29, 1.82) is 0 Å². The zero-order chi connectivity index (χ0) is 14.8. The maximum absolute atomic E-state index is 13.2. The van der Waals surface area contributed by atoms with Crippen LogP contribution in [-0.2, 0) is 6.54 Å². The van der Waals surface area contributed by atoms with Crippen molar-refractivity contribution >= 4 is 16.7 Å². The third-order valence-electron chi connectivity index (χ3n) is 3.36. The molecule has 1 N–H and O–H groups in total. The highest BCUT2D eigenvalue weighted by Crippen LogP contribution is 2.20. The Kier molecular flexibility index (Phi) is 3.52. The Balaban J connectivity index is 1.84. The second-order valence-electron chi connectivity index (χ2n) is 4.95. The second-order valence-corrected chi connectivity index (χ2v) is 4.95. The van der Waals surface area contributed by atoms with Gasteiger partial charge < -0.3 is 5.32 Å².